The maximum Gasteiger partial charge on any atom is 0.0692 e. The van der Waals surface area contributed by atoms with E-state index in [1.807, 2.05) is 54.6 Å². The number of aliphatic hydroxyl groups is 1. The summed E-state index contributed by atoms with van der Waals surface area (Å²) in [6.45, 7) is 4.14. The molecular formula is C15H14OS. The van der Waals surface area contributed by atoms with Crippen LogP contribution in [-0.4, -0.2) is 5.11 Å². The van der Waals surface area contributed by atoms with E-state index in [0.717, 1.165) is 20.9 Å². The summed E-state index contributed by atoms with van der Waals surface area (Å²) in [6, 6.07) is 17.9. The van der Waals surface area contributed by atoms with Gasteiger partial charge in [-0.3, -0.25) is 0 Å². The highest BCUT2D eigenvalue weighted by Gasteiger charge is 2.05. The molecule has 0 aliphatic heterocycles. The molecular weight excluding hydrogens is 228 g/mol. The molecule has 0 bridgehead atoms. The van der Waals surface area contributed by atoms with Crippen LogP contribution in [0, 0.1) is 0 Å². The van der Waals surface area contributed by atoms with Gasteiger partial charge in [-0.1, -0.05) is 66.9 Å². The van der Waals surface area contributed by atoms with Crippen molar-refractivity contribution in [2.75, 3.05) is 0 Å². The maximum atomic E-state index is 9.26. The Kier molecular flexibility index (Phi) is 4.02. The third kappa shape index (κ3) is 2.99. The number of thioether (sulfide) groups is 1. The first-order valence-electron chi connectivity index (χ1n) is 5.42. The van der Waals surface area contributed by atoms with Crippen LogP contribution in [0.4, 0.5) is 0 Å². The average molecular weight is 242 g/mol. The molecule has 1 nitrogen and oxygen atoms in total. The van der Waals surface area contributed by atoms with Crippen LogP contribution in [0.5, 0.6) is 0 Å². The van der Waals surface area contributed by atoms with E-state index in [1.54, 1.807) is 11.8 Å². The molecule has 2 aromatic rings. The highest BCUT2D eigenvalue weighted by Crippen LogP contribution is 2.34. The molecule has 17 heavy (non-hydrogen) atoms. The fourth-order valence-corrected chi connectivity index (χ4v) is 2.48. The van der Waals surface area contributed by atoms with Gasteiger partial charge in [0.2, 0.25) is 0 Å². The average Bonchev–Trinajstić information content (AvgIpc) is 2.40. The van der Waals surface area contributed by atoms with Gasteiger partial charge in [0.1, 0.15) is 0 Å². The fourth-order valence-electron chi connectivity index (χ4n) is 1.55. The molecule has 2 aromatic carbocycles. The van der Waals surface area contributed by atoms with Crippen molar-refractivity contribution in [1.29, 1.82) is 0 Å². The largest absolute Gasteiger partial charge is 0.392 e. The summed E-state index contributed by atoms with van der Waals surface area (Å²) in [4.78, 5) is 2.05. The number of rotatable bonds is 4. The Morgan fingerprint density at radius 3 is 2.35 bits per heavy atom. The molecule has 0 atom stereocenters. The van der Waals surface area contributed by atoms with E-state index >= 15 is 0 Å². The number of hydrogen-bond donors (Lipinski definition) is 1. The van der Waals surface area contributed by atoms with Crippen LogP contribution in [0.1, 0.15) is 11.1 Å². The van der Waals surface area contributed by atoms with E-state index in [4.69, 9.17) is 0 Å². The molecule has 0 saturated heterocycles. The van der Waals surface area contributed by atoms with E-state index < -0.39 is 0 Å². The predicted molar refractivity (Wildman–Crippen MR) is 73.7 cm³/mol. The Balaban J connectivity index is 2.19. The smallest absolute Gasteiger partial charge is 0.0692 e. The summed E-state index contributed by atoms with van der Waals surface area (Å²) in [5, 5.41) is 9.26. The van der Waals surface area contributed by atoms with E-state index in [1.165, 1.54) is 0 Å². The Morgan fingerprint density at radius 1 is 1.00 bits per heavy atom. The van der Waals surface area contributed by atoms with Gasteiger partial charge in [-0.2, -0.15) is 0 Å². The lowest BCUT2D eigenvalue weighted by Crippen LogP contribution is -1.87. The molecule has 0 unspecified atom stereocenters. The fraction of sp³-hybridized carbons (Fsp3) is 0.0667. The monoisotopic (exact) mass is 242 g/mol. The highest BCUT2D eigenvalue weighted by atomic mass is 32.2. The topological polar surface area (TPSA) is 20.2 Å². The molecule has 0 radical (unpaired) electrons. The van der Waals surface area contributed by atoms with Crippen molar-refractivity contribution in [3.63, 3.8) is 0 Å². The van der Waals surface area contributed by atoms with Gasteiger partial charge in [0.15, 0.2) is 0 Å². The zero-order valence-electron chi connectivity index (χ0n) is 9.47. The van der Waals surface area contributed by atoms with E-state index in [9.17, 15) is 5.11 Å². The van der Waals surface area contributed by atoms with Gasteiger partial charge in [0, 0.05) is 9.80 Å². The Hall–Kier alpha value is -1.51. The molecule has 1 N–H and O–H groups in total. The molecule has 0 spiro atoms. The number of aliphatic hydroxyl groups excluding tert-OH is 1. The molecule has 0 amide bonds. The summed E-state index contributed by atoms with van der Waals surface area (Å²) >= 11 is 1.59. The van der Waals surface area contributed by atoms with Crippen LogP contribution in [0.3, 0.4) is 0 Å². The Morgan fingerprint density at radius 2 is 1.65 bits per heavy atom. The van der Waals surface area contributed by atoms with E-state index in [2.05, 4.69) is 6.58 Å². The number of benzene rings is 2. The minimum atomic E-state index is 0.0608. The summed E-state index contributed by atoms with van der Waals surface area (Å²) in [6.07, 6.45) is 0. The first-order valence-corrected chi connectivity index (χ1v) is 6.24. The predicted octanol–water partition coefficient (Wildman–Crippen LogP) is 3.94. The van der Waals surface area contributed by atoms with Gasteiger partial charge in [0.25, 0.3) is 0 Å². The first-order chi connectivity index (χ1) is 8.31. The number of hydrogen-bond acceptors (Lipinski definition) is 2. The summed E-state index contributed by atoms with van der Waals surface area (Å²) in [5.41, 5.74) is 2.06. The van der Waals surface area contributed by atoms with Gasteiger partial charge >= 0.3 is 0 Å². The molecule has 0 aromatic heterocycles. The van der Waals surface area contributed by atoms with Crippen molar-refractivity contribution in [2.45, 2.75) is 11.5 Å². The quantitative estimate of drug-likeness (QED) is 0.819. The second kappa shape index (κ2) is 5.71. The standard InChI is InChI=1S/C15H14OS/c1-12(13-7-3-2-4-8-13)17-15-10-6-5-9-14(15)11-16/h2-10,16H,1,11H2. The molecule has 0 aliphatic rings. The van der Waals surface area contributed by atoms with Crippen LogP contribution in [-0.2, 0) is 6.61 Å². The summed E-state index contributed by atoms with van der Waals surface area (Å²) in [7, 11) is 0. The minimum absolute atomic E-state index is 0.0608. The molecule has 0 fully saturated rings. The zero-order chi connectivity index (χ0) is 12.1. The summed E-state index contributed by atoms with van der Waals surface area (Å²) < 4.78 is 0. The molecule has 0 aliphatic carbocycles. The summed E-state index contributed by atoms with van der Waals surface area (Å²) in [5.74, 6) is 0. The van der Waals surface area contributed by atoms with Crippen molar-refractivity contribution in [1.82, 2.24) is 0 Å². The third-order valence-electron chi connectivity index (χ3n) is 2.47. The van der Waals surface area contributed by atoms with Crippen molar-refractivity contribution in [3.05, 3.63) is 72.3 Å². The molecule has 2 rings (SSSR count). The minimum Gasteiger partial charge on any atom is -0.392 e. The van der Waals surface area contributed by atoms with Crippen LogP contribution in [0.25, 0.3) is 4.91 Å². The SMILES string of the molecule is C=C(Sc1ccccc1CO)c1ccccc1. The van der Waals surface area contributed by atoms with Crippen LogP contribution >= 0.6 is 11.8 Å². The van der Waals surface area contributed by atoms with Crippen LogP contribution < -0.4 is 0 Å². The Bertz CT molecular complexity index is 505. The molecule has 0 heterocycles. The molecule has 86 valence electrons. The van der Waals surface area contributed by atoms with Gasteiger partial charge in [0.05, 0.1) is 6.61 Å². The van der Waals surface area contributed by atoms with Crippen molar-refractivity contribution < 1.29 is 5.11 Å². The van der Waals surface area contributed by atoms with Crippen molar-refractivity contribution in [3.8, 4) is 0 Å². The second-order valence-corrected chi connectivity index (χ2v) is 4.79. The van der Waals surface area contributed by atoms with Crippen LogP contribution in [0.2, 0.25) is 0 Å². The normalized spacial score (nSPS) is 10.2. The Labute approximate surface area is 106 Å². The van der Waals surface area contributed by atoms with Crippen molar-refractivity contribution >= 4 is 16.7 Å². The van der Waals surface area contributed by atoms with Gasteiger partial charge in [-0.05, 0) is 17.2 Å². The molecule has 2 heteroatoms. The van der Waals surface area contributed by atoms with Gasteiger partial charge < -0.3 is 5.11 Å². The zero-order valence-corrected chi connectivity index (χ0v) is 10.3. The maximum absolute atomic E-state index is 9.26. The lowest BCUT2D eigenvalue weighted by molar-refractivity contribution is 0.279. The third-order valence-corrected chi connectivity index (χ3v) is 3.57. The van der Waals surface area contributed by atoms with Crippen LogP contribution in [0.15, 0.2) is 66.1 Å². The second-order valence-electron chi connectivity index (χ2n) is 3.66. The first kappa shape index (κ1) is 12.0. The van der Waals surface area contributed by atoms with Gasteiger partial charge in [-0.15, -0.1) is 0 Å². The van der Waals surface area contributed by atoms with Crippen molar-refractivity contribution in [2.24, 2.45) is 0 Å². The lowest BCUT2D eigenvalue weighted by Gasteiger charge is -2.08. The highest BCUT2D eigenvalue weighted by molar-refractivity contribution is 8.08. The van der Waals surface area contributed by atoms with E-state index in [-0.39, 0.29) is 6.61 Å². The van der Waals surface area contributed by atoms with E-state index in [0.29, 0.717) is 0 Å². The molecule has 0 saturated carbocycles. The lowest BCUT2D eigenvalue weighted by atomic mass is 10.2. The van der Waals surface area contributed by atoms with Gasteiger partial charge in [-0.25, -0.2) is 0 Å².